The first-order valence-corrected chi connectivity index (χ1v) is 11.0. The Kier molecular flexibility index (Phi) is 5.24. The molecule has 2 aliphatic heterocycles. The molecule has 162 valence electrons. The zero-order valence-electron chi connectivity index (χ0n) is 19.1. The highest BCUT2D eigenvalue weighted by molar-refractivity contribution is 6.46. The molecular weight excluding hydrogens is 386 g/mol. The molecule has 2 aromatic rings. The van der Waals surface area contributed by atoms with Crippen LogP contribution < -0.4 is 5.32 Å². The lowest BCUT2D eigenvalue weighted by Crippen LogP contribution is -2.52. The van der Waals surface area contributed by atoms with Crippen molar-refractivity contribution in [2.24, 2.45) is 4.99 Å². The van der Waals surface area contributed by atoms with E-state index in [1.807, 2.05) is 54.3 Å². The Balaban J connectivity index is 1.46. The minimum absolute atomic E-state index is 0.0398. The third-order valence-electron chi connectivity index (χ3n) is 6.54. The SMILES string of the molecule is Cc1ccc(C2=NC3(CCN(C(=O)c4ccc(C(C)(C)C)cc4)CC3)NC2=O)cc1C. The van der Waals surface area contributed by atoms with Crippen molar-refractivity contribution in [1.29, 1.82) is 0 Å². The van der Waals surface area contributed by atoms with Crippen molar-refractivity contribution in [2.45, 2.75) is 58.5 Å². The number of likely N-dealkylation sites (tertiary alicyclic amines) is 1. The van der Waals surface area contributed by atoms with E-state index in [4.69, 9.17) is 4.99 Å². The largest absolute Gasteiger partial charge is 0.338 e. The molecule has 0 radical (unpaired) electrons. The molecule has 0 unspecified atom stereocenters. The van der Waals surface area contributed by atoms with Gasteiger partial charge in [0.1, 0.15) is 11.4 Å². The molecule has 0 bridgehead atoms. The maximum absolute atomic E-state index is 13.0. The average molecular weight is 418 g/mol. The van der Waals surface area contributed by atoms with Crippen LogP contribution in [0.5, 0.6) is 0 Å². The molecule has 5 nitrogen and oxygen atoms in total. The molecule has 0 saturated carbocycles. The zero-order valence-corrected chi connectivity index (χ0v) is 19.1. The molecule has 0 atom stereocenters. The predicted octanol–water partition coefficient (Wildman–Crippen LogP) is 4.15. The van der Waals surface area contributed by atoms with Gasteiger partial charge >= 0.3 is 0 Å². The first-order valence-electron chi connectivity index (χ1n) is 11.0. The topological polar surface area (TPSA) is 61.8 Å². The van der Waals surface area contributed by atoms with Gasteiger partial charge < -0.3 is 10.2 Å². The van der Waals surface area contributed by atoms with Crippen LogP contribution >= 0.6 is 0 Å². The Morgan fingerprint density at radius 1 is 1.00 bits per heavy atom. The lowest BCUT2D eigenvalue weighted by molar-refractivity contribution is -0.115. The molecule has 1 saturated heterocycles. The number of amides is 2. The Morgan fingerprint density at radius 2 is 1.65 bits per heavy atom. The van der Waals surface area contributed by atoms with E-state index in [0.717, 1.165) is 11.1 Å². The van der Waals surface area contributed by atoms with E-state index in [9.17, 15) is 9.59 Å². The van der Waals surface area contributed by atoms with Crippen LogP contribution in [0.4, 0.5) is 0 Å². The van der Waals surface area contributed by atoms with Gasteiger partial charge in [-0.2, -0.15) is 0 Å². The number of piperidine rings is 1. The summed E-state index contributed by atoms with van der Waals surface area (Å²) in [5.74, 6) is -0.0845. The fourth-order valence-corrected chi connectivity index (χ4v) is 4.26. The number of hydrogen-bond donors (Lipinski definition) is 1. The lowest BCUT2D eigenvalue weighted by Gasteiger charge is -2.37. The summed E-state index contributed by atoms with van der Waals surface area (Å²) in [6.07, 6.45) is 1.25. The minimum Gasteiger partial charge on any atom is -0.338 e. The molecule has 1 spiro atoms. The first kappa shape index (κ1) is 21.3. The molecule has 1 N–H and O–H groups in total. The molecule has 4 rings (SSSR count). The van der Waals surface area contributed by atoms with Crippen LogP contribution in [0.25, 0.3) is 0 Å². The predicted molar refractivity (Wildman–Crippen MR) is 124 cm³/mol. The number of carbonyl (C=O) groups excluding carboxylic acids is 2. The molecular formula is C26H31N3O2. The normalized spacial score (nSPS) is 18.2. The molecule has 0 aromatic heterocycles. The Morgan fingerprint density at radius 3 is 2.23 bits per heavy atom. The summed E-state index contributed by atoms with van der Waals surface area (Å²) in [5, 5.41) is 3.09. The van der Waals surface area contributed by atoms with Gasteiger partial charge in [0.2, 0.25) is 0 Å². The van der Waals surface area contributed by atoms with E-state index in [0.29, 0.717) is 37.2 Å². The number of aliphatic imine (C=N–C) groups is 1. The van der Waals surface area contributed by atoms with Gasteiger partial charge in [-0.05, 0) is 54.2 Å². The van der Waals surface area contributed by atoms with Crippen LogP contribution in [0, 0.1) is 13.8 Å². The molecule has 2 aliphatic rings. The zero-order chi connectivity index (χ0) is 22.4. The van der Waals surface area contributed by atoms with Gasteiger partial charge in [0.25, 0.3) is 11.8 Å². The number of hydrogen-bond acceptors (Lipinski definition) is 3. The lowest BCUT2D eigenvalue weighted by atomic mass is 9.86. The van der Waals surface area contributed by atoms with Gasteiger partial charge in [-0.25, -0.2) is 0 Å². The van der Waals surface area contributed by atoms with Gasteiger partial charge in [-0.3, -0.25) is 14.6 Å². The van der Waals surface area contributed by atoms with E-state index in [-0.39, 0.29) is 17.2 Å². The smallest absolute Gasteiger partial charge is 0.272 e. The summed E-state index contributed by atoms with van der Waals surface area (Å²) in [6.45, 7) is 11.7. The second-order valence-corrected chi connectivity index (χ2v) is 9.86. The monoisotopic (exact) mass is 417 g/mol. The average Bonchev–Trinajstić information content (AvgIpc) is 3.05. The van der Waals surface area contributed by atoms with Gasteiger partial charge in [-0.1, -0.05) is 45.0 Å². The van der Waals surface area contributed by atoms with Crippen LogP contribution in [0.1, 0.15) is 66.2 Å². The summed E-state index contributed by atoms with van der Waals surface area (Å²) in [7, 11) is 0. The Bertz CT molecular complexity index is 1050. The number of nitrogens with one attached hydrogen (secondary N) is 1. The fourth-order valence-electron chi connectivity index (χ4n) is 4.26. The van der Waals surface area contributed by atoms with E-state index >= 15 is 0 Å². The van der Waals surface area contributed by atoms with Crippen molar-refractivity contribution in [3.8, 4) is 0 Å². The molecule has 2 heterocycles. The van der Waals surface area contributed by atoms with Crippen molar-refractivity contribution in [2.75, 3.05) is 13.1 Å². The quantitative estimate of drug-likeness (QED) is 0.798. The molecule has 1 fully saturated rings. The van der Waals surface area contributed by atoms with Crippen LogP contribution in [-0.4, -0.2) is 41.2 Å². The highest BCUT2D eigenvalue weighted by atomic mass is 16.2. The summed E-state index contributed by atoms with van der Waals surface area (Å²) in [4.78, 5) is 32.4. The van der Waals surface area contributed by atoms with Gasteiger partial charge in [0.15, 0.2) is 0 Å². The maximum atomic E-state index is 13.0. The second-order valence-electron chi connectivity index (χ2n) is 9.86. The van der Waals surface area contributed by atoms with E-state index in [1.54, 1.807) is 0 Å². The summed E-state index contributed by atoms with van der Waals surface area (Å²) >= 11 is 0. The minimum atomic E-state index is -0.599. The van der Waals surface area contributed by atoms with Gasteiger partial charge in [0.05, 0.1) is 0 Å². The van der Waals surface area contributed by atoms with Crippen molar-refractivity contribution >= 4 is 17.5 Å². The van der Waals surface area contributed by atoms with Crippen molar-refractivity contribution in [1.82, 2.24) is 10.2 Å². The number of nitrogens with zero attached hydrogens (tertiary/aromatic N) is 2. The summed E-state index contributed by atoms with van der Waals surface area (Å²) < 4.78 is 0. The highest BCUT2D eigenvalue weighted by Crippen LogP contribution is 2.30. The highest BCUT2D eigenvalue weighted by Gasteiger charge is 2.43. The Labute approximate surface area is 184 Å². The molecule has 2 amide bonds. The van der Waals surface area contributed by atoms with Crippen LogP contribution in [0.3, 0.4) is 0 Å². The third-order valence-corrected chi connectivity index (χ3v) is 6.54. The van der Waals surface area contributed by atoms with Gasteiger partial charge in [0, 0.05) is 37.1 Å². The van der Waals surface area contributed by atoms with Crippen molar-refractivity contribution in [3.05, 3.63) is 70.3 Å². The van der Waals surface area contributed by atoms with E-state index < -0.39 is 5.66 Å². The number of benzene rings is 2. The summed E-state index contributed by atoms with van der Waals surface area (Å²) in [5.41, 5.74) is 5.08. The fraction of sp³-hybridized carbons (Fsp3) is 0.423. The molecule has 5 heteroatoms. The van der Waals surface area contributed by atoms with E-state index in [2.05, 4.69) is 33.0 Å². The van der Waals surface area contributed by atoms with E-state index in [1.165, 1.54) is 11.1 Å². The molecule has 31 heavy (non-hydrogen) atoms. The van der Waals surface area contributed by atoms with Crippen molar-refractivity contribution in [3.63, 3.8) is 0 Å². The van der Waals surface area contributed by atoms with Gasteiger partial charge in [-0.15, -0.1) is 0 Å². The van der Waals surface area contributed by atoms with Crippen molar-refractivity contribution < 1.29 is 9.59 Å². The number of rotatable bonds is 2. The standard InChI is InChI=1S/C26H31N3O2/c1-17-6-7-20(16-18(17)2)22-23(30)28-26(27-22)12-14-29(15-13-26)24(31)19-8-10-21(11-9-19)25(3,4)5/h6-11,16H,12-15H2,1-5H3,(H,28,30). The molecule has 0 aliphatic carbocycles. The number of carbonyl (C=O) groups is 2. The van der Waals surface area contributed by atoms with Crippen LogP contribution in [-0.2, 0) is 10.2 Å². The third kappa shape index (κ3) is 4.14. The number of aryl methyl sites for hydroxylation is 2. The van der Waals surface area contributed by atoms with Crippen LogP contribution in [0.15, 0.2) is 47.5 Å². The summed E-state index contributed by atoms with van der Waals surface area (Å²) in [6, 6.07) is 13.9. The first-order chi connectivity index (χ1) is 14.6. The Hall–Kier alpha value is -2.95. The van der Waals surface area contributed by atoms with Crippen LogP contribution in [0.2, 0.25) is 0 Å². The second kappa shape index (κ2) is 7.63. The molecule has 2 aromatic carbocycles. The maximum Gasteiger partial charge on any atom is 0.272 e.